The lowest BCUT2D eigenvalue weighted by Gasteiger charge is -2.27. The molecule has 1 fully saturated rings. The summed E-state index contributed by atoms with van der Waals surface area (Å²) in [5.74, 6) is 0. The Morgan fingerprint density at radius 3 is 2.90 bits per heavy atom. The molecule has 1 aromatic heterocycles. The summed E-state index contributed by atoms with van der Waals surface area (Å²) in [6.07, 6.45) is 1.32. The highest BCUT2D eigenvalue weighted by Gasteiger charge is 2.20. The van der Waals surface area contributed by atoms with Crippen molar-refractivity contribution in [2.75, 3.05) is 6.54 Å². The van der Waals surface area contributed by atoms with Gasteiger partial charge in [-0.25, -0.2) is 0 Å². The van der Waals surface area contributed by atoms with Gasteiger partial charge in [0.2, 0.25) is 0 Å². The first-order chi connectivity index (χ1) is 4.88. The lowest BCUT2D eigenvalue weighted by Crippen LogP contribution is -2.34. The van der Waals surface area contributed by atoms with Crippen molar-refractivity contribution in [3.05, 3.63) is 21.9 Å². The Balaban J connectivity index is 2.23. The predicted octanol–water partition coefficient (Wildman–Crippen LogP) is 2.09. The molecule has 0 unspecified atom stereocenters. The summed E-state index contributed by atoms with van der Waals surface area (Å²) >= 11 is 1.87. The maximum Gasteiger partial charge on any atom is 0.0429 e. The zero-order valence-corrected chi connectivity index (χ0v) is 6.87. The molecule has 1 saturated heterocycles. The second-order valence-corrected chi connectivity index (χ2v) is 3.71. The maximum atomic E-state index is 3.40. The fourth-order valence-electron chi connectivity index (χ4n) is 1.25. The van der Waals surface area contributed by atoms with Crippen molar-refractivity contribution in [3.63, 3.8) is 0 Å². The lowest BCUT2D eigenvalue weighted by molar-refractivity contribution is 0.388. The van der Waals surface area contributed by atoms with E-state index < -0.39 is 0 Å². The Morgan fingerprint density at radius 1 is 1.70 bits per heavy atom. The van der Waals surface area contributed by atoms with Gasteiger partial charge in [-0.05, 0) is 36.9 Å². The van der Waals surface area contributed by atoms with Crippen molar-refractivity contribution in [1.82, 2.24) is 5.32 Å². The summed E-state index contributed by atoms with van der Waals surface area (Å²) < 4.78 is 0. The van der Waals surface area contributed by atoms with E-state index in [9.17, 15) is 0 Å². The third-order valence-electron chi connectivity index (χ3n) is 2.04. The normalized spacial score (nSPS) is 24.3. The Hall–Kier alpha value is -0.340. The Labute approximate surface area is 65.1 Å². The number of hydrogen-bond donors (Lipinski definition) is 1. The molecule has 10 heavy (non-hydrogen) atoms. The zero-order chi connectivity index (χ0) is 6.97. The van der Waals surface area contributed by atoms with E-state index in [1.54, 1.807) is 0 Å². The smallest absolute Gasteiger partial charge is 0.0429 e. The molecular formula is C8H11NS. The van der Waals surface area contributed by atoms with Gasteiger partial charge in [0.25, 0.3) is 0 Å². The molecule has 0 aliphatic carbocycles. The first-order valence-corrected chi connectivity index (χ1v) is 4.53. The minimum Gasteiger partial charge on any atom is -0.309 e. The molecule has 0 aromatic carbocycles. The van der Waals surface area contributed by atoms with Crippen molar-refractivity contribution < 1.29 is 0 Å². The molecule has 0 radical (unpaired) electrons. The summed E-state index contributed by atoms with van der Waals surface area (Å²) in [6.45, 7) is 3.38. The van der Waals surface area contributed by atoms with E-state index in [-0.39, 0.29) is 0 Å². The summed E-state index contributed by atoms with van der Waals surface area (Å²) in [4.78, 5) is 1.53. The molecule has 1 aliphatic rings. The average Bonchev–Trinajstić information content (AvgIpc) is 2.12. The van der Waals surface area contributed by atoms with Crippen LogP contribution in [-0.4, -0.2) is 6.54 Å². The molecule has 0 spiro atoms. The van der Waals surface area contributed by atoms with Gasteiger partial charge in [-0.15, -0.1) is 11.3 Å². The average molecular weight is 153 g/mol. The summed E-state index contributed by atoms with van der Waals surface area (Å²) in [7, 11) is 0. The molecule has 0 amide bonds. The molecule has 1 N–H and O–H groups in total. The van der Waals surface area contributed by atoms with Gasteiger partial charge in [0.15, 0.2) is 0 Å². The van der Waals surface area contributed by atoms with E-state index in [1.165, 1.54) is 23.4 Å². The highest BCUT2D eigenvalue weighted by Crippen LogP contribution is 2.29. The van der Waals surface area contributed by atoms with Crippen molar-refractivity contribution in [1.29, 1.82) is 0 Å². The summed E-state index contributed by atoms with van der Waals surface area (Å²) in [5, 5.41) is 5.57. The van der Waals surface area contributed by atoms with Gasteiger partial charge in [-0.2, -0.15) is 0 Å². The first kappa shape index (κ1) is 6.38. The molecule has 1 nitrogen and oxygen atoms in total. The van der Waals surface area contributed by atoms with Crippen LogP contribution in [-0.2, 0) is 0 Å². The van der Waals surface area contributed by atoms with E-state index in [2.05, 4.69) is 23.7 Å². The number of rotatable bonds is 1. The lowest BCUT2D eigenvalue weighted by atomic mass is 10.0. The van der Waals surface area contributed by atoms with Gasteiger partial charge in [0.05, 0.1) is 0 Å². The number of aryl methyl sites for hydroxylation is 1. The molecule has 1 aromatic rings. The fourth-order valence-corrected chi connectivity index (χ4v) is 2.29. The largest absolute Gasteiger partial charge is 0.309 e. The predicted molar refractivity (Wildman–Crippen MR) is 44.4 cm³/mol. The Kier molecular flexibility index (Phi) is 1.51. The number of hydrogen-bond acceptors (Lipinski definition) is 2. The fraction of sp³-hybridized carbons (Fsp3) is 0.500. The SMILES string of the molecule is Cc1ccsc1[C@H]1CCN1. The van der Waals surface area contributed by atoms with Crippen LogP contribution in [0, 0.1) is 6.92 Å². The first-order valence-electron chi connectivity index (χ1n) is 3.65. The third kappa shape index (κ3) is 0.879. The minimum atomic E-state index is 0.681. The molecule has 0 saturated carbocycles. The monoisotopic (exact) mass is 153 g/mol. The van der Waals surface area contributed by atoms with Gasteiger partial charge in [-0.1, -0.05) is 0 Å². The van der Waals surface area contributed by atoms with E-state index in [0.29, 0.717) is 6.04 Å². The highest BCUT2D eigenvalue weighted by atomic mass is 32.1. The standard InChI is InChI=1S/C8H11NS/c1-6-3-5-10-8(6)7-2-4-9-7/h3,5,7,9H,2,4H2,1H3/t7-/m1/s1. The quantitative estimate of drug-likeness (QED) is 0.651. The van der Waals surface area contributed by atoms with Crippen LogP contribution in [0.5, 0.6) is 0 Å². The van der Waals surface area contributed by atoms with Crippen molar-refractivity contribution in [2.24, 2.45) is 0 Å². The van der Waals surface area contributed by atoms with Crippen LogP contribution < -0.4 is 5.32 Å². The van der Waals surface area contributed by atoms with Crippen molar-refractivity contribution in [3.8, 4) is 0 Å². The van der Waals surface area contributed by atoms with Crippen LogP contribution in [0.3, 0.4) is 0 Å². The van der Waals surface area contributed by atoms with Crippen LogP contribution in [0.2, 0.25) is 0 Å². The van der Waals surface area contributed by atoms with Gasteiger partial charge in [-0.3, -0.25) is 0 Å². The summed E-state index contributed by atoms with van der Waals surface area (Å²) in [5.41, 5.74) is 1.45. The van der Waals surface area contributed by atoms with Gasteiger partial charge in [0, 0.05) is 10.9 Å². The Bertz CT molecular complexity index is 225. The second-order valence-electron chi connectivity index (χ2n) is 2.76. The van der Waals surface area contributed by atoms with E-state index in [4.69, 9.17) is 0 Å². The van der Waals surface area contributed by atoms with Gasteiger partial charge in [0.1, 0.15) is 0 Å². The number of nitrogens with one attached hydrogen (secondary N) is 1. The van der Waals surface area contributed by atoms with Crippen molar-refractivity contribution >= 4 is 11.3 Å². The molecule has 1 atom stereocenters. The topological polar surface area (TPSA) is 12.0 Å². The highest BCUT2D eigenvalue weighted by molar-refractivity contribution is 7.10. The second kappa shape index (κ2) is 2.36. The van der Waals surface area contributed by atoms with Crippen LogP contribution >= 0.6 is 11.3 Å². The van der Waals surface area contributed by atoms with Gasteiger partial charge >= 0.3 is 0 Å². The van der Waals surface area contributed by atoms with E-state index in [0.717, 1.165) is 0 Å². The van der Waals surface area contributed by atoms with E-state index in [1.807, 2.05) is 11.3 Å². The molecule has 2 heterocycles. The minimum absolute atomic E-state index is 0.681. The van der Waals surface area contributed by atoms with Crippen LogP contribution in [0.15, 0.2) is 11.4 Å². The third-order valence-corrected chi connectivity index (χ3v) is 3.17. The Morgan fingerprint density at radius 2 is 2.50 bits per heavy atom. The van der Waals surface area contributed by atoms with Crippen LogP contribution in [0.25, 0.3) is 0 Å². The summed E-state index contributed by atoms with van der Waals surface area (Å²) in [6, 6.07) is 2.88. The zero-order valence-electron chi connectivity index (χ0n) is 6.05. The number of thiophene rings is 1. The molecule has 0 bridgehead atoms. The molecule has 54 valence electrons. The van der Waals surface area contributed by atoms with Crippen LogP contribution in [0.4, 0.5) is 0 Å². The molecule has 1 aliphatic heterocycles. The molecular weight excluding hydrogens is 142 g/mol. The maximum absolute atomic E-state index is 3.40. The molecule has 2 rings (SSSR count). The van der Waals surface area contributed by atoms with Crippen LogP contribution in [0.1, 0.15) is 22.9 Å². The van der Waals surface area contributed by atoms with Gasteiger partial charge < -0.3 is 5.32 Å². The molecule has 2 heteroatoms. The van der Waals surface area contributed by atoms with E-state index >= 15 is 0 Å². The van der Waals surface area contributed by atoms with Crippen molar-refractivity contribution in [2.45, 2.75) is 19.4 Å².